The van der Waals surface area contributed by atoms with E-state index in [1.54, 1.807) is 20.0 Å². The van der Waals surface area contributed by atoms with Crippen LogP contribution in [0, 0.1) is 12.7 Å². The summed E-state index contributed by atoms with van der Waals surface area (Å²) in [5.74, 6) is -0.446. The van der Waals surface area contributed by atoms with Gasteiger partial charge in [0.25, 0.3) is 6.43 Å². The summed E-state index contributed by atoms with van der Waals surface area (Å²) in [6.07, 6.45) is -2.67. The zero-order chi connectivity index (χ0) is 12.6. The number of aryl methyl sites for hydroxylation is 1. The van der Waals surface area contributed by atoms with Crippen molar-refractivity contribution < 1.29 is 13.2 Å². The molecule has 17 heavy (non-hydrogen) atoms. The van der Waals surface area contributed by atoms with Gasteiger partial charge in [-0.2, -0.15) is 0 Å². The molecule has 0 saturated carbocycles. The highest BCUT2D eigenvalue weighted by molar-refractivity contribution is 5.92. The molecule has 0 saturated heterocycles. The number of hydrogen-bond donors (Lipinski definition) is 1. The molecule has 1 aromatic heterocycles. The maximum Gasteiger partial charge on any atom is 0.280 e. The van der Waals surface area contributed by atoms with Crippen LogP contribution in [0.1, 0.15) is 17.7 Å². The maximum atomic E-state index is 13.4. The van der Waals surface area contributed by atoms with Crippen LogP contribution < -0.4 is 5.32 Å². The number of nitrogens with zero attached hydrogens (tertiary/aromatic N) is 1. The molecule has 0 atom stereocenters. The standard InChI is InChI=1S/C12H11F3N2/c1-6-3-7-9(16-2)5-11(12(14)15)17-10(7)4-8(6)13/h3-5,12H,1-2H3,(H,16,17). The van der Waals surface area contributed by atoms with Crippen LogP contribution in [-0.4, -0.2) is 12.0 Å². The van der Waals surface area contributed by atoms with Gasteiger partial charge in [0.2, 0.25) is 0 Å². The van der Waals surface area contributed by atoms with E-state index in [4.69, 9.17) is 0 Å². The lowest BCUT2D eigenvalue weighted by atomic mass is 10.1. The molecule has 1 heterocycles. The molecule has 1 N–H and O–H groups in total. The Hall–Kier alpha value is -1.78. The van der Waals surface area contributed by atoms with Crippen LogP contribution in [0.5, 0.6) is 0 Å². The minimum atomic E-state index is -2.67. The fourth-order valence-corrected chi connectivity index (χ4v) is 1.69. The first-order chi connectivity index (χ1) is 8.02. The zero-order valence-electron chi connectivity index (χ0n) is 9.39. The molecule has 2 nitrogen and oxygen atoms in total. The summed E-state index contributed by atoms with van der Waals surface area (Å²) in [5.41, 5.74) is 0.856. The van der Waals surface area contributed by atoms with E-state index in [1.165, 1.54) is 12.1 Å². The molecule has 0 aliphatic heterocycles. The second-order valence-corrected chi connectivity index (χ2v) is 3.76. The largest absolute Gasteiger partial charge is 0.388 e. The number of pyridine rings is 1. The first-order valence-electron chi connectivity index (χ1n) is 5.09. The number of hydrogen-bond acceptors (Lipinski definition) is 2. The number of aromatic nitrogens is 1. The molecule has 2 rings (SSSR count). The molecule has 0 fully saturated rings. The van der Waals surface area contributed by atoms with Gasteiger partial charge in [-0.25, -0.2) is 18.2 Å². The molecule has 2 aromatic rings. The van der Waals surface area contributed by atoms with Crippen molar-refractivity contribution in [2.45, 2.75) is 13.3 Å². The van der Waals surface area contributed by atoms with Gasteiger partial charge in [0.05, 0.1) is 5.52 Å². The van der Waals surface area contributed by atoms with E-state index < -0.39 is 12.2 Å². The highest BCUT2D eigenvalue weighted by Gasteiger charge is 2.14. The van der Waals surface area contributed by atoms with Crippen LogP contribution in [0.25, 0.3) is 10.9 Å². The van der Waals surface area contributed by atoms with Crippen LogP contribution >= 0.6 is 0 Å². The third kappa shape index (κ3) is 2.05. The Morgan fingerprint density at radius 1 is 1.24 bits per heavy atom. The molecule has 0 aliphatic carbocycles. The summed E-state index contributed by atoms with van der Waals surface area (Å²) in [4.78, 5) is 3.76. The summed E-state index contributed by atoms with van der Waals surface area (Å²) >= 11 is 0. The molecule has 0 aliphatic rings. The SMILES string of the molecule is CNc1cc(C(F)F)nc2cc(F)c(C)cc12. The van der Waals surface area contributed by atoms with Gasteiger partial charge in [0.15, 0.2) is 0 Å². The van der Waals surface area contributed by atoms with Crippen LogP contribution in [0.15, 0.2) is 18.2 Å². The summed E-state index contributed by atoms with van der Waals surface area (Å²) < 4.78 is 38.6. The number of anilines is 1. The summed E-state index contributed by atoms with van der Waals surface area (Å²) in [6, 6.07) is 4.06. The van der Waals surface area contributed by atoms with Crippen molar-refractivity contribution in [2.75, 3.05) is 12.4 Å². The van der Waals surface area contributed by atoms with Crippen molar-refractivity contribution in [1.29, 1.82) is 0 Å². The highest BCUT2D eigenvalue weighted by Crippen LogP contribution is 2.29. The summed E-state index contributed by atoms with van der Waals surface area (Å²) in [5, 5.41) is 3.45. The molecule has 0 amide bonds. The van der Waals surface area contributed by atoms with Gasteiger partial charge in [-0.1, -0.05) is 0 Å². The number of fused-ring (bicyclic) bond motifs is 1. The van der Waals surface area contributed by atoms with E-state index in [9.17, 15) is 13.2 Å². The molecule has 90 valence electrons. The van der Waals surface area contributed by atoms with Crippen molar-refractivity contribution in [1.82, 2.24) is 4.98 Å². The lowest BCUT2D eigenvalue weighted by Gasteiger charge is -2.10. The van der Waals surface area contributed by atoms with Gasteiger partial charge >= 0.3 is 0 Å². The number of alkyl halides is 2. The highest BCUT2D eigenvalue weighted by atomic mass is 19.3. The van der Waals surface area contributed by atoms with Crippen molar-refractivity contribution in [3.8, 4) is 0 Å². The Bertz CT molecular complexity index is 567. The van der Waals surface area contributed by atoms with E-state index >= 15 is 0 Å². The molecule has 0 bridgehead atoms. The molecular formula is C12H11F3N2. The normalized spacial score (nSPS) is 11.2. The second kappa shape index (κ2) is 4.24. The lowest BCUT2D eigenvalue weighted by Crippen LogP contribution is -1.98. The molecule has 0 spiro atoms. The minimum absolute atomic E-state index is 0.232. The number of benzene rings is 1. The molecular weight excluding hydrogens is 229 g/mol. The van der Waals surface area contributed by atoms with Crippen LogP contribution in [0.4, 0.5) is 18.9 Å². The van der Waals surface area contributed by atoms with Crippen LogP contribution in [-0.2, 0) is 0 Å². The predicted octanol–water partition coefficient (Wildman–Crippen LogP) is 3.66. The van der Waals surface area contributed by atoms with E-state index in [-0.39, 0.29) is 11.2 Å². The minimum Gasteiger partial charge on any atom is -0.388 e. The van der Waals surface area contributed by atoms with Gasteiger partial charge in [0, 0.05) is 24.2 Å². The Labute approximate surface area is 96.5 Å². The van der Waals surface area contributed by atoms with Crippen molar-refractivity contribution in [2.24, 2.45) is 0 Å². The Kier molecular flexibility index (Phi) is 2.92. The second-order valence-electron chi connectivity index (χ2n) is 3.76. The zero-order valence-corrected chi connectivity index (χ0v) is 9.39. The molecule has 1 aromatic carbocycles. The van der Waals surface area contributed by atoms with E-state index in [1.807, 2.05) is 0 Å². The molecule has 0 radical (unpaired) electrons. The topological polar surface area (TPSA) is 24.9 Å². The summed E-state index contributed by atoms with van der Waals surface area (Å²) in [6.45, 7) is 1.62. The van der Waals surface area contributed by atoms with E-state index in [2.05, 4.69) is 10.3 Å². The number of halogens is 3. The van der Waals surface area contributed by atoms with Crippen molar-refractivity contribution >= 4 is 16.6 Å². The molecule has 5 heteroatoms. The fraction of sp³-hybridized carbons (Fsp3) is 0.250. The number of nitrogens with one attached hydrogen (secondary N) is 1. The van der Waals surface area contributed by atoms with E-state index in [0.29, 0.717) is 16.6 Å². The van der Waals surface area contributed by atoms with Crippen molar-refractivity contribution in [3.05, 3.63) is 35.3 Å². The first kappa shape index (κ1) is 11.7. The van der Waals surface area contributed by atoms with Crippen molar-refractivity contribution in [3.63, 3.8) is 0 Å². The third-order valence-electron chi connectivity index (χ3n) is 2.60. The molecule has 0 unspecified atom stereocenters. The van der Waals surface area contributed by atoms with Gasteiger partial charge in [-0.15, -0.1) is 0 Å². The summed E-state index contributed by atoms with van der Waals surface area (Å²) in [7, 11) is 1.63. The van der Waals surface area contributed by atoms with E-state index in [0.717, 1.165) is 0 Å². The predicted molar refractivity (Wildman–Crippen MR) is 60.9 cm³/mol. The fourth-order valence-electron chi connectivity index (χ4n) is 1.69. The van der Waals surface area contributed by atoms with Gasteiger partial charge < -0.3 is 5.32 Å². The third-order valence-corrected chi connectivity index (χ3v) is 2.60. The average Bonchev–Trinajstić information content (AvgIpc) is 2.29. The Balaban J connectivity index is 2.78. The van der Waals surface area contributed by atoms with Gasteiger partial charge in [0.1, 0.15) is 11.5 Å². The van der Waals surface area contributed by atoms with Crippen LogP contribution in [0.3, 0.4) is 0 Å². The monoisotopic (exact) mass is 240 g/mol. The smallest absolute Gasteiger partial charge is 0.280 e. The van der Waals surface area contributed by atoms with Crippen LogP contribution in [0.2, 0.25) is 0 Å². The number of rotatable bonds is 2. The maximum absolute atomic E-state index is 13.4. The van der Waals surface area contributed by atoms with Gasteiger partial charge in [-0.05, 0) is 24.6 Å². The van der Waals surface area contributed by atoms with Gasteiger partial charge in [-0.3, -0.25) is 0 Å². The Morgan fingerprint density at radius 3 is 2.53 bits per heavy atom. The lowest BCUT2D eigenvalue weighted by molar-refractivity contribution is 0.146. The Morgan fingerprint density at radius 2 is 1.94 bits per heavy atom. The first-order valence-corrected chi connectivity index (χ1v) is 5.09. The quantitative estimate of drug-likeness (QED) is 0.866. The average molecular weight is 240 g/mol.